The van der Waals surface area contributed by atoms with Gasteiger partial charge in [0, 0.05) is 25.7 Å². The minimum atomic E-state index is -0.760. The van der Waals surface area contributed by atoms with Crippen LogP contribution in [0.25, 0.3) is 0 Å². The molecule has 2 amide bonds. The fourth-order valence-electron chi connectivity index (χ4n) is 4.99. The maximum absolute atomic E-state index is 13.1. The van der Waals surface area contributed by atoms with Gasteiger partial charge in [-0.3, -0.25) is 4.79 Å². The lowest BCUT2D eigenvalue weighted by Crippen LogP contribution is -2.60. The SMILES string of the molecule is COC(=O)C12CCN(C(=O)N3CCCCC3)C(Cc3ccc(O)cc31)C2. The zero-order chi connectivity index (χ0) is 18.3. The molecule has 4 rings (SSSR count). The highest BCUT2D eigenvalue weighted by molar-refractivity contribution is 5.86. The van der Waals surface area contributed by atoms with Gasteiger partial charge in [0.25, 0.3) is 0 Å². The molecule has 2 aliphatic heterocycles. The quantitative estimate of drug-likeness (QED) is 0.783. The second-order valence-corrected chi connectivity index (χ2v) is 7.75. The first-order valence-corrected chi connectivity index (χ1v) is 9.51. The van der Waals surface area contributed by atoms with Crippen molar-refractivity contribution in [3.8, 4) is 5.75 Å². The van der Waals surface area contributed by atoms with Crippen molar-refractivity contribution in [2.45, 2.75) is 50.0 Å². The Morgan fingerprint density at radius 1 is 1.19 bits per heavy atom. The molecule has 26 heavy (non-hydrogen) atoms. The van der Waals surface area contributed by atoms with E-state index in [9.17, 15) is 14.7 Å². The van der Waals surface area contributed by atoms with E-state index in [1.54, 1.807) is 12.1 Å². The molecule has 6 nitrogen and oxygen atoms in total. The van der Waals surface area contributed by atoms with E-state index in [4.69, 9.17) is 4.74 Å². The number of hydrogen-bond acceptors (Lipinski definition) is 4. The van der Waals surface area contributed by atoms with Crippen LogP contribution in [-0.4, -0.2) is 59.7 Å². The number of fused-ring (bicyclic) bond motifs is 4. The van der Waals surface area contributed by atoms with Crippen molar-refractivity contribution in [3.05, 3.63) is 29.3 Å². The van der Waals surface area contributed by atoms with E-state index in [2.05, 4.69) is 0 Å². The third kappa shape index (κ3) is 2.63. The van der Waals surface area contributed by atoms with Gasteiger partial charge in [0.15, 0.2) is 0 Å². The number of phenols is 1. The number of rotatable bonds is 1. The van der Waals surface area contributed by atoms with Gasteiger partial charge in [0.1, 0.15) is 5.75 Å². The van der Waals surface area contributed by atoms with Crippen LogP contribution in [0.3, 0.4) is 0 Å². The number of carbonyl (C=O) groups is 2. The second-order valence-electron chi connectivity index (χ2n) is 7.75. The maximum Gasteiger partial charge on any atom is 0.320 e. The molecule has 1 aromatic rings. The van der Waals surface area contributed by atoms with Gasteiger partial charge in [-0.25, -0.2) is 4.79 Å². The molecule has 2 bridgehead atoms. The fraction of sp³-hybridized carbons (Fsp3) is 0.600. The van der Waals surface area contributed by atoms with Crippen LogP contribution in [0.1, 0.15) is 43.2 Å². The Hall–Kier alpha value is -2.24. The molecule has 1 aliphatic carbocycles. The Morgan fingerprint density at radius 2 is 1.96 bits per heavy atom. The zero-order valence-electron chi connectivity index (χ0n) is 15.2. The summed E-state index contributed by atoms with van der Waals surface area (Å²) in [4.78, 5) is 29.7. The van der Waals surface area contributed by atoms with Gasteiger partial charge in [-0.1, -0.05) is 6.07 Å². The summed E-state index contributed by atoms with van der Waals surface area (Å²) in [5.41, 5.74) is 1.14. The molecule has 0 spiro atoms. The van der Waals surface area contributed by atoms with Gasteiger partial charge in [-0.05, 0) is 61.8 Å². The van der Waals surface area contributed by atoms with Crippen LogP contribution in [0.2, 0.25) is 0 Å². The molecule has 2 saturated heterocycles. The summed E-state index contributed by atoms with van der Waals surface area (Å²) in [6.45, 7) is 2.20. The number of likely N-dealkylation sites (tertiary alicyclic amines) is 2. The third-order valence-electron chi connectivity index (χ3n) is 6.32. The molecular formula is C20H26N2O4. The van der Waals surface area contributed by atoms with Crippen LogP contribution < -0.4 is 0 Å². The molecule has 2 atom stereocenters. The van der Waals surface area contributed by atoms with Gasteiger partial charge in [-0.2, -0.15) is 0 Å². The number of phenolic OH excluding ortho intramolecular Hbond substituents is 1. The number of carbonyl (C=O) groups excluding carboxylic acids is 2. The van der Waals surface area contributed by atoms with Crippen LogP contribution in [0, 0.1) is 0 Å². The number of methoxy groups -OCH3 is 1. The Balaban J connectivity index is 1.67. The van der Waals surface area contributed by atoms with Crippen molar-refractivity contribution in [1.29, 1.82) is 0 Å². The lowest BCUT2D eigenvalue weighted by atomic mass is 9.63. The van der Waals surface area contributed by atoms with Crippen LogP contribution in [0.4, 0.5) is 4.79 Å². The summed E-state index contributed by atoms with van der Waals surface area (Å²) in [6.07, 6.45) is 5.14. The Labute approximate surface area is 153 Å². The van der Waals surface area contributed by atoms with Crippen LogP contribution >= 0.6 is 0 Å². The first-order valence-electron chi connectivity index (χ1n) is 9.51. The normalized spacial score (nSPS) is 27.7. The number of hydrogen-bond donors (Lipinski definition) is 1. The number of amides is 2. The summed E-state index contributed by atoms with van der Waals surface area (Å²) >= 11 is 0. The number of urea groups is 1. The first-order chi connectivity index (χ1) is 12.5. The summed E-state index contributed by atoms with van der Waals surface area (Å²) in [5.74, 6) is -0.101. The van der Waals surface area contributed by atoms with Gasteiger partial charge in [0.05, 0.1) is 12.5 Å². The van der Waals surface area contributed by atoms with Crippen molar-refractivity contribution < 1.29 is 19.4 Å². The highest BCUT2D eigenvalue weighted by Gasteiger charge is 2.52. The fourth-order valence-corrected chi connectivity index (χ4v) is 4.99. The summed E-state index contributed by atoms with van der Waals surface area (Å²) in [5, 5.41) is 9.94. The number of piperidine rings is 2. The van der Waals surface area contributed by atoms with Crippen molar-refractivity contribution in [3.63, 3.8) is 0 Å². The molecule has 2 unspecified atom stereocenters. The topological polar surface area (TPSA) is 70.1 Å². The van der Waals surface area contributed by atoms with E-state index in [0.717, 1.165) is 37.1 Å². The molecule has 0 aromatic heterocycles. The van der Waals surface area contributed by atoms with Crippen LogP contribution in [-0.2, 0) is 21.4 Å². The number of benzene rings is 1. The third-order valence-corrected chi connectivity index (χ3v) is 6.32. The molecule has 1 aromatic carbocycles. The Kier molecular flexibility index (Phi) is 4.29. The molecule has 140 valence electrons. The summed E-state index contributed by atoms with van der Waals surface area (Å²) in [7, 11) is 1.41. The average molecular weight is 358 g/mol. The molecule has 2 fully saturated rings. The molecule has 2 heterocycles. The molecule has 3 aliphatic rings. The predicted molar refractivity (Wildman–Crippen MR) is 96.1 cm³/mol. The molecule has 1 N–H and O–H groups in total. The number of ether oxygens (including phenoxy) is 1. The van der Waals surface area contributed by atoms with Gasteiger partial charge < -0.3 is 19.6 Å². The van der Waals surface area contributed by atoms with Gasteiger partial charge >= 0.3 is 12.0 Å². The first kappa shape index (κ1) is 17.2. The molecule has 6 heteroatoms. The number of aromatic hydroxyl groups is 1. The van der Waals surface area contributed by atoms with Crippen LogP contribution in [0.5, 0.6) is 5.75 Å². The molecule has 0 radical (unpaired) electrons. The van der Waals surface area contributed by atoms with Crippen molar-refractivity contribution in [1.82, 2.24) is 9.80 Å². The second kappa shape index (κ2) is 6.49. The average Bonchev–Trinajstić information content (AvgIpc) is 2.68. The maximum atomic E-state index is 13.1. The zero-order valence-corrected chi connectivity index (χ0v) is 15.2. The molecular weight excluding hydrogens is 332 g/mol. The van der Waals surface area contributed by atoms with Crippen molar-refractivity contribution >= 4 is 12.0 Å². The largest absolute Gasteiger partial charge is 0.508 e. The van der Waals surface area contributed by atoms with Crippen molar-refractivity contribution in [2.24, 2.45) is 0 Å². The Morgan fingerprint density at radius 3 is 2.69 bits per heavy atom. The van der Waals surface area contributed by atoms with E-state index in [0.29, 0.717) is 25.8 Å². The van der Waals surface area contributed by atoms with E-state index >= 15 is 0 Å². The molecule has 0 saturated carbocycles. The Bertz CT molecular complexity index is 729. The summed E-state index contributed by atoms with van der Waals surface area (Å²) < 4.78 is 5.14. The predicted octanol–water partition coefficient (Wildman–Crippen LogP) is 2.43. The highest BCUT2D eigenvalue weighted by atomic mass is 16.5. The number of nitrogens with zero attached hydrogens (tertiary/aromatic N) is 2. The smallest absolute Gasteiger partial charge is 0.320 e. The lowest BCUT2D eigenvalue weighted by Gasteiger charge is -2.50. The van der Waals surface area contributed by atoms with E-state index in [1.165, 1.54) is 13.5 Å². The van der Waals surface area contributed by atoms with Gasteiger partial charge in [0.2, 0.25) is 0 Å². The monoisotopic (exact) mass is 358 g/mol. The summed E-state index contributed by atoms with van der Waals surface area (Å²) in [6, 6.07) is 5.33. The minimum Gasteiger partial charge on any atom is -0.508 e. The highest BCUT2D eigenvalue weighted by Crippen LogP contribution is 2.47. The standard InChI is InChI=1S/C20H26N2O4/c1-26-18(24)20-7-10-22(19(25)21-8-3-2-4-9-21)15(13-20)11-14-5-6-16(23)12-17(14)20/h5-6,12,15,23H,2-4,7-11,13H2,1H3. The van der Waals surface area contributed by atoms with E-state index < -0.39 is 5.41 Å². The minimum absolute atomic E-state index is 0.00526. The van der Waals surface area contributed by atoms with Crippen molar-refractivity contribution in [2.75, 3.05) is 26.7 Å². The number of esters is 1. The van der Waals surface area contributed by atoms with E-state index in [-0.39, 0.29) is 23.8 Å². The lowest BCUT2D eigenvalue weighted by molar-refractivity contribution is -0.151. The van der Waals surface area contributed by atoms with Gasteiger partial charge in [-0.15, -0.1) is 0 Å². The van der Waals surface area contributed by atoms with E-state index in [1.807, 2.05) is 15.9 Å². The van der Waals surface area contributed by atoms with Crippen LogP contribution in [0.15, 0.2) is 18.2 Å².